The van der Waals surface area contributed by atoms with Gasteiger partial charge in [-0.1, -0.05) is 154 Å². The molecule has 6 heteroatoms. The lowest BCUT2D eigenvalue weighted by atomic mass is 10.1. The highest BCUT2D eigenvalue weighted by Crippen LogP contribution is 2.44. The van der Waals surface area contributed by atoms with Gasteiger partial charge in [0.2, 0.25) is 0 Å². The Kier molecular flexibility index (Phi) is 38.7. The third kappa shape index (κ3) is 38.6. The van der Waals surface area contributed by atoms with Crippen molar-refractivity contribution in [3.05, 3.63) is 24.3 Å². The average Bonchev–Trinajstić information content (AvgIpc) is 3.06. The topological polar surface area (TPSA) is 33.7 Å². The second-order valence-electron chi connectivity index (χ2n) is 14.1. The van der Waals surface area contributed by atoms with Crippen LogP contribution < -0.4 is 5.09 Å². The van der Waals surface area contributed by atoms with Gasteiger partial charge in [-0.15, -0.1) is 0 Å². The van der Waals surface area contributed by atoms with E-state index in [-0.39, 0.29) is 0 Å². The van der Waals surface area contributed by atoms with Gasteiger partial charge in [0.1, 0.15) is 0 Å². The molecule has 0 heterocycles. The molecule has 0 aliphatic carbocycles. The molecule has 0 fully saturated rings. The second-order valence-corrected chi connectivity index (χ2v) is 17.4. The van der Waals surface area contributed by atoms with Crippen LogP contribution in [0.4, 0.5) is 0 Å². The van der Waals surface area contributed by atoms with E-state index in [9.17, 15) is 0 Å². The smallest absolute Gasteiger partial charge is 0.261 e. The van der Waals surface area contributed by atoms with Crippen LogP contribution in [0.1, 0.15) is 200 Å². The predicted octanol–water partition coefficient (Wildman–Crippen LogP) is 13.9. The molecule has 4 nitrogen and oxygen atoms in total. The Bertz CT molecular complexity index is 668. The molecule has 0 atom stereocenters. The molecule has 0 spiro atoms. The van der Waals surface area contributed by atoms with Crippen LogP contribution in [0.15, 0.2) is 24.3 Å². The fourth-order valence-corrected chi connectivity index (χ4v) is 7.96. The molecule has 47 heavy (non-hydrogen) atoms. The number of allylic oxidation sites excluding steroid dienone is 4. The molecule has 0 unspecified atom stereocenters. The summed E-state index contributed by atoms with van der Waals surface area (Å²) in [6.07, 6.45) is 47.6. The van der Waals surface area contributed by atoms with E-state index in [1.165, 1.54) is 167 Å². The van der Waals surface area contributed by atoms with Crippen LogP contribution in [-0.4, -0.2) is 45.3 Å². The highest BCUT2D eigenvalue weighted by molar-refractivity contribution is 8.08. The Balaban J connectivity index is 3.89. The van der Waals surface area contributed by atoms with Crippen LogP contribution in [0.25, 0.3) is 0 Å². The molecule has 0 saturated carbocycles. The van der Waals surface area contributed by atoms with Crippen LogP contribution in [0, 0.1) is 0 Å². The van der Waals surface area contributed by atoms with Crippen molar-refractivity contribution in [3.63, 3.8) is 0 Å². The van der Waals surface area contributed by atoms with Gasteiger partial charge in [-0.05, 0) is 103 Å². The summed E-state index contributed by atoms with van der Waals surface area (Å²) in [5.41, 5.74) is 0. The van der Waals surface area contributed by atoms with Crippen LogP contribution in [-0.2, 0) is 20.9 Å². The third-order valence-electron chi connectivity index (χ3n) is 8.92. The minimum atomic E-state index is -2.41. The lowest BCUT2D eigenvalue weighted by Crippen LogP contribution is -2.21. The molecule has 0 aromatic heterocycles. The lowest BCUT2D eigenvalue weighted by molar-refractivity contribution is 0.229. The Morgan fingerprint density at radius 3 is 1.13 bits per heavy atom. The maximum Gasteiger partial charge on any atom is 0.261 e. The van der Waals surface area contributed by atoms with E-state index in [1.54, 1.807) is 0 Å². The number of hydrogen-bond acceptors (Lipinski definition) is 4. The standard InChI is InChI=1S/C41H83N2O2PS/c1-5-7-9-11-13-15-17-19-21-23-25-27-29-31-33-35-40-44-46(47,42-38-37-39-43(3)4)45-41-36-34-32-30-28-26-24-22-20-18-16-14-12-10-8-6-2/h19-22H,5-18,23-41H2,1-4H3,(H,42,47)/b21-19-,22-20-. The summed E-state index contributed by atoms with van der Waals surface area (Å²) < 4.78 is 12.5. The van der Waals surface area contributed by atoms with Crippen molar-refractivity contribution in [1.82, 2.24) is 9.99 Å². The molecule has 1 N–H and O–H groups in total. The van der Waals surface area contributed by atoms with Crippen molar-refractivity contribution < 1.29 is 9.05 Å². The summed E-state index contributed by atoms with van der Waals surface area (Å²) in [4.78, 5) is 2.21. The van der Waals surface area contributed by atoms with Gasteiger partial charge < -0.3 is 13.9 Å². The van der Waals surface area contributed by atoms with E-state index >= 15 is 0 Å². The van der Waals surface area contributed by atoms with Gasteiger partial charge in [-0.25, -0.2) is 5.09 Å². The number of nitrogens with one attached hydrogen (secondary N) is 1. The molecule has 0 aromatic rings. The third-order valence-corrected chi connectivity index (χ3v) is 11.6. The van der Waals surface area contributed by atoms with Crippen LogP contribution in [0.2, 0.25) is 0 Å². The normalized spacial score (nSPS) is 12.4. The predicted molar refractivity (Wildman–Crippen MR) is 216 cm³/mol. The molecule has 0 saturated heterocycles. The zero-order valence-electron chi connectivity index (χ0n) is 32.3. The van der Waals surface area contributed by atoms with Crippen molar-refractivity contribution in [1.29, 1.82) is 0 Å². The summed E-state index contributed by atoms with van der Waals surface area (Å²) in [6.45, 7) is 5.50. The van der Waals surface area contributed by atoms with Crippen LogP contribution in [0.3, 0.4) is 0 Å². The molecule has 280 valence electrons. The Morgan fingerprint density at radius 2 is 0.787 bits per heavy atom. The Morgan fingerprint density at radius 1 is 0.468 bits per heavy atom. The van der Waals surface area contributed by atoms with Gasteiger partial charge >= 0.3 is 0 Å². The minimum Gasteiger partial charge on any atom is -0.318 e. The highest BCUT2D eigenvalue weighted by Gasteiger charge is 2.18. The quantitative estimate of drug-likeness (QED) is 0.0393. The number of unbranched alkanes of at least 4 members (excludes halogenated alkanes) is 24. The molecule has 0 aliphatic rings. The van der Waals surface area contributed by atoms with Crippen molar-refractivity contribution >= 4 is 18.4 Å². The first-order valence-corrected chi connectivity index (χ1v) is 23.3. The van der Waals surface area contributed by atoms with Crippen molar-refractivity contribution in [2.24, 2.45) is 0 Å². The van der Waals surface area contributed by atoms with Crippen LogP contribution >= 0.6 is 6.64 Å². The molecule has 0 radical (unpaired) electrons. The summed E-state index contributed by atoms with van der Waals surface area (Å²) in [7, 11) is 4.23. The molecule has 0 amide bonds. The SMILES string of the molecule is CCCCCCCC/C=C\CCCCCCCCOP(=S)(NCCCN(C)C)OCCCCCCCC/C=C\CCCCCCCC. The molecule has 0 rings (SSSR count). The number of hydrogen-bond donors (Lipinski definition) is 1. The van der Waals surface area contributed by atoms with Crippen LogP contribution in [0.5, 0.6) is 0 Å². The Hall–Kier alpha value is -0.0300. The van der Waals surface area contributed by atoms with Crippen molar-refractivity contribution in [2.75, 3.05) is 40.4 Å². The minimum absolute atomic E-state index is 0.715. The summed E-state index contributed by atoms with van der Waals surface area (Å²) in [6, 6.07) is 0. The molecular weight excluding hydrogens is 616 g/mol. The van der Waals surface area contributed by atoms with E-state index < -0.39 is 6.64 Å². The van der Waals surface area contributed by atoms with E-state index in [1.807, 2.05) is 0 Å². The van der Waals surface area contributed by atoms with Gasteiger partial charge in [0.25, 0.3) is 6.64 Å². The first kappa shape index (κ1) is 47.0. The van der Waals surface area contributed by atoms with Gasteiger partial charge in [0, 0.05) is 6.54 Å². The van der Waals surface area contributed by atoms with Crippen molar-refractivity contribution in [2.45, 2.75) is 200 Å². The highest BCUT2D eigenvalue weighted by atomic mass is 32.5. The maximum absolute atomic E-state index is 6.25. The maximum atomic E-state index is 6.25. The summed E-state index contributed by atoms with van der Waals surface area (Å²) in [5.74, 6) is 0. The second kappa shape index (κ2) is 38.8. The fourth-order valence-electron chi connectivity index (χ4n) is 5.81. The van der Waals surface area contributed by atoms with Gasteiger partial charge in [0.15, 0.2) is 0 Å². The van der Waals surface area contributed by atoms with Gasteiger partial charge in [-0.3, -0.25) is 0 Å². The first-order chi connectivity index (χ1) is 23.0. The molecule has 0 bridgehead atoms. The zero-order valence-corrected chi connectivity index (χ0v) is 34.0. The van der Waals surface area contributed by atoms with Crippen molar-refractivity contribution in [3.8, 4) is 0 Å². The summed E-state index contributed by atoms with van der Waals surface area (Å²) >= 11 is 5.93. The van der Waals surface area contributed by atoms with E-state index in [2.05, 4.69) is 62.2 Å². The molecule has 0 aliphatic heterocycles. The number of rotatable bonds is 39. The zero-order chi connectivity index (χ0) is 34.4. The monoisotopic (exact) mass is 699 g/mol. The molecular formula is C41H83N2O2PS. The van der Waals surface area contributed by atoms with E-state index in [4.69, 9.17) is 20.9 Å². The average molecular weight is 699 g/mol. The van der Waals surface area contributed by atoms with Gasteiger partial charge in [0.05, 0.1) is 13.2 Å². The number of nitrogens with zero attached hydrogens (tertiary/aromatic N) is 1. The fraction of sp³-hybridized carbons (Fsp3) is 0.902. The van der Waals surface area contributed by atoms with Gasteiger partial charge in [-0.2, -0.15) is 0 Å². The molecule has 0 aromatic carbocycles. The Labute approximate surface area is 301 Å². The van der Waals surface area contributed by atoms with E-state index in [0.29, 0.717) is 13.2 Å². The first-order valence-electron chi connectivity index (χ1n) is 20.6. The largest absolute Gasteiger partial charge is 0.318 e. The summed E-state index contributed by atoms with van der Waals surface area (Å²) in [5, 5.41) is 3.50. The van der Waals surface area contributed by atoms with E-state index in [0.717, 1.165) is 32.4 Å². The lowest BCUT2D eigenvalue weighted by Gasteiger charge is -2.24.